The van der Waals surface area contributed by atoms with Gasteiger partial charge in [0.2, 0.25) is 5.13 Å². The zero-order valence-corrected chi connectivity index (χ0v) is 24.4. The molecular formula is C27H38FN9OS2. The summed E-state index contributed by atoms with van der Waals surface area (Å²) in [4.78, 5) is 29.3. The number of pyridine rings is 1. The van der Waals surface area contributed by atoms with E-state index in [1.165, 1.54) is 23.5 Å². The van der Waals surface area contributed by atoms with Gasteiger partial charge in [0.1, 0.15) is 11.6 Å². The molecule has 0 aliphatic rings. The zero-order valence-electron chi connectivity index (χ0n) is 22.8. The smallest absolute Gasteiger partial charge is 0.314 e. The number of hydrogen-bond donors (Lipinski definition) is 4. The standard InChI is InChI=1S/C27H38FN9OS2/c1-36(15-16-37(24-6-2-3-11-31-24)18-21-7-9-22(28)10-8-21)14-5-4-12-32-26(38)33-13-17-39-19-23-20-40-27(34-23)35-25(29)30/h2-3,6-11,20H,4-5,12-19H2,1H3,(H2,32,33,38)(H4,29,30,34,35). The van der Waals surface area contributed by atoms with Crippen molar-refractivity contribution in [2.45, 2.75) is 25.1 Å². The van der Waals surface area contributed by atoms with Crippen LogP contribution in [0, 0.1) is 5.82 Å². The summed E-state index contributed by atoms with van der Waals surface area (Å²) in [5.41, 5.74) is 12.7. The molecule has 2 heterocycles. The highest BCUT2D eigenvalue weighted by Gasteiger charge is 2.10. The van der Waals surface area contributed by atoms with Gasteiger partial charge in [0.25, 0.3) is 0 Å². The Labute approximate surface area is 243 Å². The number of thiazole rings is 1. The Balaban J connectivity index is 1.25. The molecule has 0 atom stereocenters. The number of unbranched alkanes of at least 4 members (excludes halogenated alkanes) is 1. The number of carbonyl (C=O) groups excluding carboxylic acids is 1. The minimum atomic E-state index is -0.234. The van der Waals surface area contributed by atoms with Crippen molar-refractivity contribution in [1.82, 2.24) is 25.5 Å². The second-order valence-corrected chi connectivity index (χ2v) is 11.1. The van der Waals surface area contributed by atoms with Gasteiger partial charge >= 0.3 is 6.03 Å². The first-order valence-corrected chi connectivity index (χ1v) is 15.1. The number of guanidine groups is 1. The molecule has 0 fully saturated rings. The molecule has 0 bridgehead atoms. The van der Waals surface area contributed by atoms with Crippen LogP contribution in [0.3, 0.4) is 0 Å². The lowest BCUT2D eigenvalue weighted by Gasteiger charge is -2.27. The molecule has 10 nitrogen and oxygen atoms in total. The minimum Gasteiger partial charge on any atom is -0.370 e. The van der Waals surface area contributed by atoms with Gasteiger partial charge in [-0.2, -0.15) is 16.8 Å². The molecule has 2 amide bonds. The third kappa shape index (κ3) is 12.2. The first kappa shape index (κ1) is 31.1. The largest absolute Gasteiger partial charge is 0.370 e. The number of nitrogens with one attached hydrogen (secondary N) is 2. The lowest BCUT2D eigenvalue weighted by atomic mass is 10.2. The number of amides is 2. The summed E-state index contributed by atoms with van der Waals surface area (Å²) in [6.45, 7) is 4.45. The minimum absolute atomic E-state index is 0.00119. The highest BCUT2D eigenvalue weighted by atomic mass is 32.2. The highest BCUT2D eigenvalue weighted by molar-refractivity contribution is 7.98. The monoisotopic (exact) mass is 587 g/mol. The Hall–Kier alpha value is -3.42. The maximum Gasteiger partial charge on any atom is 0.314 e. The average molecular weight is 588 g/mol. The molecule has 0 spiro atoms. The molecule has 0 radical (unpaired) electrons. The Morgan fingerprint density at radius 1 is 1.07 bits per heavy atom. The molecular weight excluding hydrogens is 549 g/mol. The molecule has 1 aromatic carbocycles. The summed E-state index contributed by atoms with van der Waals surface area (Å²) in [7, 11) is 2.10. The van der Waals surface area contributed by atoms with Crippen LogP contribution < -0.4 is 27.0 Å². The van der Waals surface area contributed by atoms with Gasteiger partial charge in [-0.05, 0) is 56.3 Å². The van der Waals surface area contributed by atoms with Crippen molar-refractivity contribution in [3.63, 3.8) is 0 Å². The number of likely N-dealkylation sites (N-methyl/N-ethyl adjacent to an activating group) is 1. The fraction of sp³-hybridized carbons (Fsp3) is 0.407. The number of aliphatic imine (C=N–C) groups is 1. The van der Waals surface area contributed by atoms with Crippen molar-refractivity contribution >= 4 is 46.0 Å². The molecule has 3 rings (SSSR count). The number of nitrogens with two attached hydrogens (primary N) is 2. The van der Waals surface area contributed by atoms with Gasteiger partial charge in [-0.1, -0.05) is 18.2 Å². The van der Waals surface area contributed by atoms with Crippen LogP contribution in [0.15, 0.2) is 59.0 Å². The lowest BCUT2D eigenvalue weighted by molar-refractivity contribution is 0.241. The molecule has 0 unspecified atom stereocenters. The molecule has 0 aliphatic carbocycles. The molecule has 0 aliphatic heterocycles. The number of rotatable bonds is 17. The Kier molecular flexibility index (Phi) is 13.5. The van der Waals surface area contributed by atoms with Gasteiger partial charge in [-0.25, -0.2) is 19.2 Å². The van der Waals surface area contributed by atoms with Crippen molar-refractivity contribution in [2.75, 3.05) is 50.4 Å². The third-order valence-corrected chi connectivity index (χ3v) is 7.59. The van der Waals surface area contributed by atoms with E-state index in [1.54, 1.807) is 18.0 Å². The Morgan fingerprint density at radius 2 is 1.88 bits per heavy atom. The van der Waals surface area contributed by atoms with Crippen molar-refractivity contribution in [2.24, 2.45) is 16.5 Å². The lowest BCUT2D eigenvalue weighted by Crippen LogP contribution is -2.37. The van der Waals surface area contributed by atoms with Crippen molar-refractivity contribution in [1.29, 1.82) is 0 Å². The second-order valence-electron chi connectivity index (χ2n) is 9.14. The van der Waals surface area contributed by atoms with Gasteiger partial charge < -0.3 is 31.9 Å². The van der Waals surface area contributed by atoms with E-state index in [0.717, 1.165) is 61.1 Å². The fourth-order valence-electron chi connectivity index (χ4n) is 3.74. The number of halogens is 1. The van der Waals surface area contributed by atoms with Gasteiger partial charge in [-0.15, -0.1) is 11.3 Å². The van der Waals surface area contributed by atoms with E-state index >= 15 is 0 Å². The molecule has 6 N–H and O–H groups in total. The van der Waals surface area contributed by atoms with Crippen LogP contribution in [0.2, 0.25) is 0 Å². The van der Waals surface area contributed by atoms with Crippen LogP contribution in [0.1, 0.15) is 24.1 Å². The maximum atomic E-state index is 13.3. The van der Waals surface area contributed by atoms with Crippen molar-refractivity contribution in [3.05, 3.63) is 71.1 Å². The number of thioether (sulfide) groups is 1. The van der Waals surface area contributed by atoms with E-state index in [2.05, 4.69) is 42.4 Å². The number of hydrogen-bond acceptors (Lipinski definition) is 8. The van der Waals surface area contributed by atoms with E-state index < -0.39 is 0 Å². The van der Waals surface area contributed by atoms with E-state index in [-0.39, 0.29) is 17.8 Å². The highest BCUT2D eigenvalue weighted by Crippen LogP contribution is 2.21. The van der Waals surface area contributed by atoms with Crippen LogP contribution >= 0.6 is 23.1 Å². The van der Waals surface area contributed by atoms with E-state index in [0.29, 0.717) is 24.8 Å². The van der Waals surface area contributed by atoms with E-state index in [1.807, 2.05) is 35.7 Å². The number of urea groups is 1. The summed E-state index contributed by atoms with van der Waals surface area (Å²) in [5, 5.41) is 8.28. The number of nitrogens with zero attached hydrogens (tertiary/aromatic N) is 5. The second kappa shape index (κ2) is 17.3. The zero-order chi connectivity index (χ0) is 28.6. The van der Waals surface area contributed by atoms with Crippen molar-refractivity contribution in [3.8, 4) is 0 Å². The van der Waals surface area contributed by atoms with Crippen LogP contribution in [0.4, 0.5) is 20.1 Å². The maximum absolute atomic E-state index is 13.3. The van der Waals surface area contributed by atoms with Gasteiger partial charge in [0, 0.05) is 55.8 Å². The van der Waals surface area contributed by atoms with E-state index in [4.69, 9.17) is 11.5 Å². The summed E-state index contributed by atoms with van der Waals surface area (Å²) >= 11 is 3.08. The summed E-state index contributed by atoms with van der Waals surface area (Å²) in [6.07, 6.45) is 3.66. The summed E-state index contributed by atoms with van der Waals surface area (Å²) in [6, 6.07) is 12.3. The number of benzene rings is 1. The predicted octanol–water partition coefficient (Wildman–Crippen LogP) is 3.53. The number of anilines is 1. The Bertz CT molecular complexity index is 1170. The third-order valence-electron chi connectivity index (χ3n) is 5.81. The Morgan fingerprint density at radius 3 is 2.62 bits per heavy atom. The van der Waals surface area contributed by atoms with Crippen LogP contribution in [-0.4, -0.2) is 72.4 Å². The molecule has 40 heavy (non-hydrogen) atoms. The van der Waals surface area contributed by atoms with E-state index in [9.17, 15) is 9.18 Å². The topological polar surface area (TPSA) is 138 Å². The molecule has 3 aromatic rings. The first-order valence-electron chi connectivity index (χ1n) is 13.1. The fourth-order valence-corrected chi connectivity index (χ4v) is 5.30. The van der Waals surface area contributed by atoms with Gasteiger partial charge in [-0.3, -0.25) is 0 Å². The average Bonchev–Trinajstić information content (AvgIpc) is 3.38. The van der Waals surface area contributed by atoms with Crippen LogP contribution in [-0.2, 0) is 12.3 Å². The van der Waals surface area contributed by atoms with Crippen molar-refractivity contribution < 1.29 is 9.18 Å². The normalized spacial score (nSPS) is 10.9. The number of carbonyl (C=O) groups is 1. The SMILES string of the molecule is CN(CCCCNC(=O)NCCSCc1csc(N=C(N)N)n1)CCN(Cc1ccc(F)cc1)c1ccccn1. The summed E-state index contributed by atoms with van der Waals surface area (Å²) < 4.78 is 13.3. The molecule has 13 heteroatoms. The van der Waals surface area contributed by atoms with Gasteiger partial charge in [0.05, 0.1) is 5.69 Å². The quantitative estimate of drug-likeness (QED) is 0.107. The van der Waals surface area contributed by atoms with Gasteiger partial charge in [0.15, 0.2) is 5.96 Å². The van der Waals surface area contributed by atoms with Crippen LogP contribution in [0.25, 0.3) is 0 Å². The molecule has 0 saturated carbocycles. The molecule has 0 saturated heterocycles. The molecule has 216 valence electrons. The molecule has 2 aromatic heterocycles. The number of aromatic nitrogens is 2. The first-order chi connectivity index (χ1) is 19.4. The summed E-state index contributed by atoms with van der Waals surface area (Å²) in [5.74, 6) is 2.18. The predicted molar refractivity (Wildman–Crippen MR) is 164 cm³/mol. The van der Waals surface area contributed by atoms with Crippen LogP contribution in [0.5, 0.6) is 0 Å².